The molecule has 0 saturated carbocycles. The molecule has 0 radical (unpaired) electrons. The highest BCUT2D eigenvalue weighted by Gasteiger charge is 2.28. The number of fused-ring (bicyclic) bond motifs is 1. The van der Waals surface area contributed by atoms with Crippen LogP contribution in [-0.2, 0) is 27.7 Å². The Labute approximate surface area is 206 Å². The summed E-state index contributed by atoms with van der Waals surface area (Å²) in [5, 5.41) is 3.46. The van der Waals surface area contributed by atoms with Gasteiger partial charge in [-0.25, -0.2) is 8.42 Å². The van der Waals surface area contributed by atoms with Crippen LogP contribution in [-0.4, -0.2) is 20.9 Å². The lowest BCUT2D eigenvalue weighted by molar-refractivity contribution is -0.120. The fourth-order valence-corrected chi connectivity index (χ4v) is 5.83. The number of nitrogens with zero attached hydrogens (tertiary/aromatic N) is 1. The van der Waals surface area contributed by atoms with E-state index in [9.17, 15) is 13.2 Å². The Hall–Kier alpha value is -2.83. The van der Waals surface area contributed by atoms with Gasteiger partial charge >= 0.3 is 0 Å². The average molecular weight is 497 g/mol. The summed E-state index contributed by atoms with van der Waals surface area (Å²) >= 11 is 6.01. The maximum atomic E-state index is 13.5. The number of carbonyl (C=O) groups excluding carboxylic acids is 1. The Balaban J connectivity index is 1.56. The van der Waals surface area contributed by atoms with Gasteiger partial charge in [0, 0.05) is 5.02 Å². The van der Waals surface area contributed by atoms with Crippen molar-refractivity contribution in [3.63, 3.8) is 0 Å². The van der Waals surface area contributed by atoms with Crippen molar-refractivity contribution in [1.29, 1.82) is 0 Å². The van der Waals surface area contributed by atoms with E-state index in [1.54, 1.807) is 48.5 Å². The number of aryl methyl sites for hydroxylation is 3. The van der Waals surface area contributed by atoms with Crippen LogP contribution in [0.25, 0.3) is 0 Å². The third-order valence-corrected chi connectivity index (χ3v) is 8.30. The predicted molar refractivity (Wildman–Crippen MR) is 137 cm³/mol. The highest BCUT2D eigenvalue weighted by atomic mass is 35.5. The van der Waals surface area contributed by atoms with Crippen LogP contribution < -0.4 is 9.62 Å². The molecule has 3 aromatic carbocycles. The summed E-state index contributed by atoms with van der Waals surface area (Å²) in [7, 11) is -3.96. The molecule has 1 amide bonds. The van der Waals surface area contributed by atoms with E-state index < -0.39 is 10.0 Å². The van der Waals surface area contributed by atoms with Gasteiger partial charge in [-0.05, 0) is 92.6 Å². The van der Waals surface area contributed by atoms with Gasteiger partial charge in [-0.2, -0.15) is 0 Å². The highest BCUT2D eigenvalue weighted by molar-refractivity contribution is 7.92. The van der Waals surface area contributed by atoms with Crippen LogP contribution in [0.2, 0.25) is 5.02 Å². The molecule has 4 rings (SSSR count). The smallest absolute Gasteiger partial charge is 0.264 e. The van der Waals surface area contributed by atoms with Crippen molar-refractivity contribution < 1.29 is 13.2 Å². The molecule has 0 aliphatic heterocycles. The number of hydrogen-bond acceptors (Lipinski definition) is 3. The number of carbonyl (C=O) groups is 1. The van der Waals surface area contributed by atoms with Crippen LogP contribution in [0.4, 0.5) is 5.69 Å². The number of rotatable bonds is 7. The second-order valence-electron chi connectivity index (χ2n) is 8.83. The van der Waals surface area contributed by atoms with Gasteiger partial charge in [0.25, 0.3) is 10.0 Å². The molecular formula is C27H29ClN2O3S. The van der Waals surface area contributed by atoms with Gasteiger partial charge < -0.3 is 5.32 Å². The van der Waals surface area contributed by atoms with Gasteiger partial charge in [0.2, 0.25) is 5.91 Å². The zero-order valence-corrected chi connectivity index (χ0v) is 21.0. The second-order valence-corrected chi connectivity index (χ2v) is 11.1. The van der Waals surface area contributed by atoms with E-state index in [0.29, 0.717) is 10.7 Å². The predicted octanol–water partition coefficient (Wildman–Crippen LogP) is 5.60. The van der Waals surface area contributed by atoms with Crippen molar-refractivity contribution in [1.82, 2.24) is 5.32 Å². The summed E-state index contributed by atoms with van der Waals surface area (Å²) < 4.78 is 28.1. The van der Waals surface area contributed by atoms with E-state index in [1.165, 1.54) is 24.0 Å². The maximum absolute atomic E-state index is 13.5. The van der Waals surface area contributed by atoms with Gasteiger partial charge in [-0.3, -0.25) is 9.10 Å². The Kier molecular flexibility index (Phi) is 7.29. The summed E-state index contributed by atoms with van der Waals surface area (Å²) in [6.45, 7) is 3.47. The normalized spacial score (nSPS) is 14.2. The molecular weight excluding hydrogens is 468 g/mol. The molecule has 0 bridgehead atoms. The topological polar surface area (TPSA) is 66.5 Å². The molecule has 34 heavy (non-hydrogen) atoms. The standard InChI is InChI=1S/C27H29ClN2O3S/c1-19-7-15-26(16-8-19)34(32,33)30(25-13-11-24(28)12-14-25)18-27(31)29-20(2)22-10-9-21-5-3-4-6-23(21)17-22/h7-17,20H,3-6,18H2,1-2H3,(H,29,31)/t20-/m0/s1. The van der Waals surface area contributed by atoms with Crippen molar-refractivity contribution >= 4 is 33.2 Å². The SMILES string of the molecule is Cc1ccc(S(=O)(=O)N(CC(=O)N[C@@H](C)c2ccc3c(c2)CCCC3)c2ccc(Cl)cc2)cc1. The highest BCUT2D eigenvalue weighted by Crippen LogP contribution is 2.27. The van der Waals surface area contributed by atoms with Gasteiger partial charge in [0.15, 0.2) is 0 Å². The van der Waals surface area contributed by atoms with E-state index in [0.717, 1.165) is 28.3 Å². The fraction of sp³-hybridized carbons (Fsp3) is 0.296. The fourth-order valence-electron chi connectivity index (χ4n) is 4.28. The second kappa shape index (κ2) is 10.2. The number of amides is 1. The monoisotopic (exact) mass is 496 g/mol. The molecule has 5 nitrogen and oxygen atoms in total. The van der Waals surface area contributed by atoms with Crippen LogP contribution in [0.15, 0.2) is 71.6 Å². The molecule has 1 aliphatic carbocycles. The van der Waals surface area contributed by atoms with Crippen LogP contribution in [0.1, 0.15) is 48.1 Å². The third-order valence-electron chi connectivity index (χ3n) is 6.26. The molecule has 7 heteroatoms. The van der Waals surface area contributed by atoms with E-state index in [-0.39, 0.29) is 23.4 Å². The molecule has 0 saturated heterocycles. The largest absolute Gasteiger partial charge is 0.348 e. The number of sulfonamides is 1. The molecule has 1 aliphatic rings. The minimum atomic E-state index is -3.96. The first kappa shape index (κ1) is 24.3. The Morgan fingerprint density at radius 3 is 2.29 bits per heavy atom. The Morgan fingerprint density at radius 1 is 0.971 bits per heavy atom. The summed E-state index contributed by atoms with van der Waals surface area (Å²) in [5.74, 6) is -0.379. The first-order valence-electron chi connectivity index (χ1n) is 11.5. The van der Waals surface area contributed by atoms with E-state index in [2.05, 4.69) is 23.5 Å². The molecule has 0 fully saturated rings. The molecule has 1 atom stereocenters. The number of benzene rings is 3. The number of nitrogens with one attached hydrogen (secondary N) is 1. The lowest BCUT2D eigenvalue weighted by atomic mass is 9.89. The van der Waals surface area contributed by atoms with Gasteiger partial charge in [-0.15, -0.1) is 0 Å². The van der Waals surface area contributed by atoms with Crippen molar-refractivity contribution in [2.75, 3.05) is 10.8 Å². The van der Waals surface area contributed by atoms with Crippen LogP contribution in [0, 0.1) is 6.92 Å². The zero-order chi connectivity index (χ0) is 24.3. The summed E-state index contributed by atoms with van der Waals surface area (Å²) in [5.41, 5.74) is 5.07. The third kappa shape index (κ3) is 5.45. The molecule has 178 valence electrons. The molecule has 0 heterocycles. The van der Waals surface area contributed by atoms with Crippen LogP contribution in [0.5, 0.6) is 0 Å². The lowest BCUT2D eigenvalue weighted by Crippen LogP contribution is -2.41. The van der Waals surface area contributed by atoms with Crippen molar-refractivity contribution in [2.45, 2.75) is 50.5 Å². The summed E-state index contributed by atoms with van der Waals surface area (Å²) in [6, 6.07) is 19.2. The zero-order valence-electron chi connectivity index (χ0n) is 19.4. The van der Waals surface area contributed by atoms with E-state index in [4.69, 9.17) is 11.6 Å². The Bertz CT molecular complexity index is 1270. The lowest BCUT2D eigenvalue weighted by Gasteiger charge is -2.25. The van der Waals surface area contributed by atoms with E-state index >= 15 is 0 Å². The van der Waals surface area contributed by atoms with Crippen LogP contribution in [0.3, 0.4) is 0 Å². The molecule has 0 spiro atoms. The quantitative estimate of drug-likeness (QED) is 0.463. The number of hydrogen-bond donors (Lipinski definition) is 1. The van der Waals surface area contributed by atoms with Crippen molar-refractivity contribution in [3.05, 3.63) is 94.0 Å². The molecule has 3 aromatic rings. The molecule has 1 N–H and O–H groups in total. The van der Waals surface area contributed by atoms with Gasteiger partial charge in [0.05, 0.1) is 16.6 Å². The maximum Gasteiger partial charge on any atom is 0.264 e. The minimum absolute atomic E-state index is 0.128. The van der Waals surface area contributed by atoms with Gasteiger partial charge in [0.1, 0.15) is 6.54 Å². The average Bonchev–Trinajstić information content (AvgIpc) is 2.83. The van der Waals surface area contributed by atoms with Crippen molar-refractivity contribution in [2.24, 2.45) is 0 Å². The first-order chi connectivity index (χ1) is 16.2. The minimum Gasteiger partial charge on any atom is -0.348 e. The first-order valence-corrected chi connectivity index (χ1v) is 13.3. The number of anilines is 1. The summed E-state index contributed by atoms with van der Waals surface area (Å²) in [4.78, 5) is 13.2. The molecule has 0 aromatic heterocycles. The van der Waals surface area contributed by atoms with Crippen LogP contribution >= 0.6 is 11.6 Å². The Morgan fingerprint density at radius 2 is 1.62 bits per heavy atom. The number of halogens is 1. The molecule has 0 unspecified atom stereocenters. The van der Waals surface area contributed by atoms with Crippen molar-refractivity contribution in [3.8, 4) is 0 Å². The van der Waals surface area contributed by atoms with E-state index in [1.807, 2.05) is 13.8 Å². The summed E-state index contributed by atoms with van der Waals surface area (Å²) in [6.07, 6.45) is 4.56. The van der Waals surface area contributed by atoms with Gasteiger partial charge in [-0.1, -0.05) is 47.5 Å².